The number of hydrogen-bond acceptors (Lipinski definition) is 3. The Kier molecular flexibility index (Phi) is 2.31. The molecule has 72 valence electrons. The summed E-state index contributed by atoms with van der Waals surface area (Å²) in [6.07, 6.45) is 0. The smallest absolute Gasteiger partial charge is 0.339 e. The number of rotatable bonds is 2. The van der Waals surface area contributed by atoms with Crippen molar-refractivity contribution in [1.82, 2.24) is 0 Å². The molecule has 0 unspecified atom stereocenters. The van der Waals surface area contributed by atoms with Gasteiger partial charge in [-0.05, 0) is 23.0 Å². The van der Waals surface area contributed by atoms with Crippen molar-refractivity contribution in [1.29, 1.82) is 0 Å². The third-order valence-corrected chi connectivity index (χ3v) is 2.73. The number of furan rings is 1. The maximum absolute atomic E-state index is 10.8. The first kappa shape index (κ1) is 9.30. The number of halogens is 1. The molecule has 0 aromatic carbocycles. The zero-order valence-electron chi connectivity index (χ0n) is 6.86. The highest BCUT2D eigenvalue weighted by Gasteiger charge is 2.18. The lowest BCUT2D eigenvalue weighted by Gasteiger charge is -1.92. The number of hydrogen-bond donors (Lipinski definition) is 1. The van der Waals surface area contributed by atoms with Crippen molar-refractivity contribution in [2.24, 2.45) is 0 Å². The number of aromatic carboxylic acids is 1. The highest BCUT2D eigenvalue weighted by Crippen LogP contribution is 2.32. The summed E-state index contributed by atoms with van der Waals surface area (Å²) in [5.74, 6) is -0.721. The van der Waals surface area contributed by atoms with Crippen molar-refractivity contribution in [3.63, 3.8) is 0 Å². The first-order valence-electron chi connectivity index (χ1n) is 3.75. The van der Waals surface area contributed by atoms with Gasteiger partial charge in [0.25, 0.3) is 0 Å². The van der Waals surface area contributed by atoms with Crippen LogP contribution in [0.25, 0.3) is 10.6 Å². The summed E-state index contributed by atoms with van der Waals surface area (Å²) in [5.41, 5.74) is 0.0949. The summed E-state index contributed by atoms with van der Waals surface area (Å²) in [6.45, 7) is 0. The highest BCUT2D eigenvalue weighted by atomic mass is 35.5. The summed E-state index contributed by atoms with van der Waals surface area (Å²) in [5, 5.41) is 10.8. The Bertz CT molecular complexity index is 458. The van der Waals surface area contributed by atoms with E-state index in [1.807, 2.05) is 11.4 Å². The number of thiophene rings is 1. The van der Waals surface area contributed by atoms with Gasteiger partial charge in [0.2, 0.25) is 0 Å². The van der Waals surface area contributed by atoms with E-state index in [1.54, 1.807) is 6.07 Å². The minimum Gasteiger partial charge on any atom is -0.478 e. The maximum atomic E-state index is 10.8. The predicted molar refractivity (Wildman–Crippen MR) is 54.0 cm³/mol. The monoisotopic (exact) mass is 228 g/mol. The van der Waals surface area contributed by atoms with Crippen LogP contribution in [0.3, 0.4) is 0 Å². The van der Waals surface area contributed by atoms with Gasteiger partial charge < -0.3 is 9.52 Å². The average molecular weight is 229 g/mol. The first-order valence-corrected chi connectivity index (χ1v) is 5.01. The standard InChI is InChI=1S/C9H5ClO3S/c10-7-4-5(9(11)12)8(13-7)6-2-1-3-14-6/h1-4H,(H,11,12). The van der Waals surface area contributed by atoms with Crippen molar-refractivity contribution >= 4 is 28.9 Å². The zero-order valence-corrected chi connectivity index (χ0v) is 8.43. The molecular formula is C9H5ClO3S. The fraction of sp³-hybridized carbons (Fsp3) is 0. The van der Waals surface area contributed by atoms with Gasteiger partial charge in [-0.25, -0.2) is 4.79 Å². The Balaban J connectivity index is 2.58. The summed E-state index contributed by atoms with van der Waals surface area (Å²) in [7, 11) is 0. The second-order valence-corrected chi connectivity index (χ2v) is 3.90. The SMILES string of the molecule is O=C(O)c1cc(Cl)oc1-c1cccs1. The molecule has 0 amide bonds. The molecule has 0 fully saturated rings. The maximum Gasteiger partial charge on any atom is 0.339 e. The number of carboxylic acids is 1. The van der Waals surface area contributed by atoms with Crippen LogP contribution in [0, 0.1) is 0 Å². The molecule has 2 rings (SSSR count). The van der Waals surface area contributed by atoms with E-state index in [0.29, 0.717) is 5.76 Å². The fourth-order valence-electron chi connectivity index (χ4n) is 1.11. The molecule has 2 aromatic rings. The van der Waals surface area contributed by atoms with E-state index in [1.165, 1.54) is 17.4 Å². The summed E-state index contributed by atoms with van der Waals surface area (Å²) >= 11 is 7.01. The fourth-order valence-corrected chi connectivity index (χ4v) is 2.02. The van der Waals surface area contributed by atoms with Gasteiger partial charge in [-0.3, -0.25) is 0 Å². The molecule has 0 aliphatic heterocycles. The molecule has 1 N–H and O–H groups in total. The van der Waals surface area contributed by atoms with E-state index >= 15 is 0 Å². The molecule has 14 heavy (non-hydrogen) atoms. The van der Waals surface area contributed by atoms with Gasteiger partial charge in [-0.1, -0.05) is 6.07 Å². The normalized spacial score (nSPS) is 10.4. The van der Waals surface area contributed by atoms with Crippen LogP contribution >= 0.6 is 22.9 Å². The van der Waals surface area contributed by atoms with Crippen LogP contribution in [0.2, 0.25) is 5.22 Å². The van der Waals surface area contributed by atoms with Crippen LogP contribution in [0.5, 0.6) is 0 Å². The van der Waals surface area contributed by atoms with Gasteiger partial charge in [0, 0.05) is 6.07 Å². The largest absolute Gasteiger partial charge is 0.478 e. The van der Waals surface area contributed by atoms with Crippen LogP contribution in [-0.4, -0.2) is 11.1 Å². The third-order valence-electron chi connectivity index (χ3n) is 1.68. The molecular weight excluding hydrogens is 224 g/mol. The molecule has 5 heteroatoms. The lowest BCUT2D eigenvalue weighted by atomic mass is 10.2. The minimum atomic E-state index is -1.04. The van der Waals surface area contributed by atoms with Crippen LogP contribution in [0.4, 0.5) is 0 Å². The lowest BCUT2D eigenvalue weighted by Crippen LogP contribution is -1.94. The second-order valence-electron chi connectivity index (χ2n) is 2.58. The van der Waals surface area contributed by atoms with Gasteiger partial charge in [0.1, 0.15) is 5.56 Å². The minimum absolute atomic E-state index is 0.0887. The number of carbonyl (C=O) groups is 1. The van der Waals surface area contributed by atoms with E-state index in [-0.39, 0.29) is 10.8 Å². The summed E-state index contributed by atoms with van der Waals surface area (Å²) < 4.78 is 5.12. The van der Waals surface area contributed by atoms with Crippen molar-refractivity contribution in [3.05, 3.63) is 34.4 Å². The molecule has 2 aromatic heterocycles. The molecule has 2 heterocycles. The second kappa shape index (κ2) is 3.48. The van der Waals surface area contributed by atoms with Crippen LogP contribution < -0.4 is 0 Å². The third kappa shape index (κ3) is 1.54. The van der Waals surface area contributed by atoms with Crippen molar-refractivity contribution in [2.45, 2.75) is 0 Å². The van der Waals surface area contributed by atoms with Gasteiger partial charge in [-0.15, -0.1) is 11.3 Å². The molecule has 0 aliphatic rings. The summed E-state index contributed by atoms with van der Waals surface area (Å²) in [6, 6.07) is 4.91. The average Bonchev–Trinajstić information content (AvgIpc) is 2.70. The molecule has 0 aliphatic carbocycles. The molecule has 0 saturated heterocycles. The predicted octanol–water partition coefficient (Wildman–Crippen LogP) is 3.36. The first-order chi connectivity index (χ1) is 6.68. The Labute approximate surface area is 88.5 Å². The van der Waals surface area contributed by atoms with Crippen LogP contribution in [0.1, 0.15) is 10.4 Å². The Morgan fingerprint density at radius 1 is 1.57 bits per heavy atom. The van der Waals surface area contributed by atoms with Crippen LogP contribution in [-0.2, 0) is 0 Å². The van der Waals surface area contributed by atoms with Crippen molar-refractivity contribution in [2.75, 3.05) is 0 Å². The van der Waals surface area contributed by atoms with Crippen molar-refractivity contribution in [3.8, 4) is 10.6 Å². The molecule has 0 saturated carbocycles. The summed E-state index contributed by atoms with van der Waals surface area (Å²) in [4.78, 5) is 11.6. The van der Waals surface area contributed by atoms with Gasteiger partial charge in [0.05, 0.1) is 4.88 Å². The highest BCUT2D eigenvalue weighted by molar-refractivity contribution is 7.13. The Morgan fingerprint density at radius 3 is 2.93 bits per heavy atom. The van der Waals surface area contributed by atoms with Gasteiger partial charge in [-0.2, -0.15) is 0 Å². The molecule has 0 atom stereocenters. The van der Waals surface area contributed by atoms with E-state index in [0.717, 1.165) is 4.88 Å². The number of carboxylic acid groups (broad SMARTS) is 1. The molecule has 0 bridgehead atoms. The quantitative estimate of drug-likeness (QED) is 0.858. The molecule has 0 radical (unpaired) electrons. The zero-order chi connectivity index (χ0) is 10.1. The molecule has 3 nitrogen and oxygen atoms in total. The van der Waals surface area contributed by atoms with E-state index in [9.17, 15) is 4.79 Å². The van der Waals surface area contributed by atoms with Gasteiger partial charge >= 0.3 is 5.97 Å². The Hall–Kier alpha value is -1.26. The van der Waals surface area contributed by atoms with E-state index < -0.39 is 5.97 Å². The van der Waals surface area contributed by atoms with Gasteiger partial charge in [0.15, 0.2) is 11.0 Å². The van der Waals surface area contributed by atoms with Crippen molar-refractivity contribution < 1.29 is 14.3 Å². The lowest BCUT2D eigenvalue weighted by molar-refractivity contribution is 0.0697. The van der Waals surface area contributed by atoms with Crippen LogP contribution in [0.15, 0.2) is 28.0 Å². The van der Waals surface area contributed by atoms with E-state index in [4.69, 9.17) is 21.1 Å². The molecule has 0 spiro atoms. The Morgan fingerprint density at radius 2 is 2.36 bits per heavy atom. The van der Waals surface area contributed by atoms with E-state index in [2.05, 4.69) is 0 Å². The topological polar surface area (TPSA) is 50.4 Å².